The van der Waals surface area contributed by atoms with Gasteiger partial charge in [0, 0.05) is 23.8 Å². The molecule has 0 radical (unpaired) electrons. The molecule has 9 heteroatoms. The van der Waals surface area contributed by atoms with Crippen molar-refractivity contribution in [2.75, 3.05) is 10.6 Å². The SMILES string of the molecule is Cc1ccccc1NC(=O)Nc1ccc(CC(=O)N[C@H](CC(=O)N[C@@H](C(=O)[O-])c2ccccc2)CC(C)C)cc1. The summed E-state index contributed by atoms with van der Waals surface area (Å²) in [6.07, 6.45) is 0.552. The fraction of sp³-hybridized carbons (Fsp3) is 0.290. The van der Waals surface area contributed by atoms with Gasteiger partial charge in [-0.3, -0.25) is 9.59 Å². The average Bonchev–Trinajstić information content (AvgIpc) is 2.89. The van der Waals surface area contributed by atoms with E-state index in [0.29, 0.717) is 23.4 Å². The number of carbonyl (C=O) groups is 4. The first-order chi connectivity index (χ1) is 19.1. The van der Waals surface area contributed by atoms with Crippen LogP contribution in [0.25, 0.3) is 0 Å². The Morgan fingerprint density at radius 1 is 0.775 bits per heavy atom. The van der Waals surface area contributed by atoms with Gasteiger partial charge in [-0.2, -0.15) is 0 Å². The number of benzene rings is 3. The first-order valence-corrected chi connectivity index (χ1v) is 13.2. The minimum atomic E-state index is -1.41. The summed E-state index contributed by atoms with van der Waals surface area (Å²) >= 11 is 0. The number of amides is 4. The van der Waals surface area contributed by atoms with Gasteiger partial charge in [-0.25, -0.2) is 4.79 Å². The molecule has 0 aliphatic carbocycles. The molecule has 0 saturated carbocycles. The molecule has 0 saturated heterocycles. The van der Waals surface area contributed by atoms with Crippen LogP contribution >= 0.6 is 0 Å². The fourth-order valence-electron chi connectivity index (χ4n) is 4.30. The lowest BCUT2D eigenvalue weighted by Crippen LogP contribution is -2.45. The van der Waals surface area contributed by atoms with Gasteiger partial charge in [-0.1, -0.05) is 74.5 Å². The van der Waals surface area contributed by atoms with Gasteiger partial charge >= 0.3 is 6.03 Å². The van der Waals surface area contributed by atoms with Crippen LogP contribution in [-0.2, 0) is 20.8 Å². The number of aliphatic carboxylic acids is 1. The predicted molar refractivity (Wildman–Crippen MR) is 152 cm³/mol. The summed E-state index contributed by atoms with van der Waals surface area (Å²) < 4.78 is 0. The smallest absolute Gasteiger partial charge is 0.323 e. The molecule has 3 aromatic carbocycles. The van der Waals surface area contributed by atoms with Gasteiger partial charge in [0.25, 0.3) is 0 Å². The van der Waals surface area contributed by atoms with Crippen molar-refractivity contribution in [3.63, 3.8) is 0 Å². The zero-order chi connectivity index (χ0) is 29.1. The summed E-state index contributed by atoms with van der Waals surface area (Å²) in [7, 11) is 0. The second kappa shape index (κ2) is 14.5. The maximum absolute atomic E-state index is 12.8. The van der Waals surface area contributed by atoms with Crippen LogP contribution in [0.4, 0.5) is 16.2 Å². The standard InChI is InChI=1S/C31H36N4O5/c1-20(2)17-25(19-28(37)35-29(30(38)39)23-10-5-4-6-11-23)32-27(36)18-22-13-15-24(16-14-22)33-31(40)34-26-12-8-7-9-21(26)3/h4-16,20,25,29H,17-19H2,1-3H3,(H,32,36)(H,35,37)(H,38,39)(H2,33,34,40)/p-1/t25-,29+/m0/s1. The van der Waals surface area contributed by atoms with Crippen molar-refractivity contribution < 1.29 is 24.3 Å². The minimum absolute atomic E-state index is 0.0700. The molecule has 4 N–H and O–H groups in total. The van der Waals surface area contributed by atoms with Gasteiger partial charge < -0.3 is 31.2 Å². The molecular formula is C31H35N4O5-. The summed E-state index contributed by atoms with van der Waals surface area (Å²) in [5.74, 6) is -1.98. The Morgan fingerprint density at radius 3 is 2.05 bits per heavy atom. The monoisotopic (exact) mass is 543 g/mol. The van der Waals surface area contributed by atoms with Crippen LogP contribution in [0.5, 0.6) is 0 Å². The summed E-state index contributed by atoms with van der Waals surface area (Å²) in [5.41, 5.74) is 3.38. The second-order valence-corrected chi connectivity index (χ2v) is 10.1. The molecule has 0 spiro atoms. The highest BCUT2D eigenvalue weighted by Gasteiger charge is 2.21. The normalized spacial score (nSPS) is 12.2. The van der Waals surface area contributed by atoms with E-state index in [9.17, 15) is 24.3 Å². The molecule has 40 heavy (non-hydrogen) atoms. The van der Waals surface area contributed by atoms with E-state index in [0.717, 1.165) is 11.1 Å². The molecule has 2 atom stereocenters. The van der Waals surface area contributed by atoms with Crippen LogP contribution in [0.1, 0.15) is 49.4 Å². The third-order valence-electron chi connectivity index (χ3n) is 6.20. The van der Waals surface area contributed by atoms with Crippen LogP contribution < -0.4 is 26.4 Å². The lowest BCUT2D eigenvalue weighted by molar-refractivity contribution is -0.308. The molecule has 0 heterocycles. The van der Waals surface area contributed by atoms with Crippen molar-refractivity contribution in [2.24, 2.45) is 5.92 Å². The molecule has 3 rings (SSSR count). The van der Waals surface area contributed by atoms with Crippen LogP contribution in [0.2, 0.25) is 0 Å². The summed E-state index contributed by atoms with van der Waals surface area (Å²) in [4.78, 5) is 49.5. The number of nitrogens with one attached hydrogen (secondary N) is 4. The van der Waals surface area contributed by atoms with Gasteiger partial charge in [0.05, 0.1) is 18.4 Å². The van der Waals surface area contributed by atoms with Crippen molar-refractivity contribution >= 4 is 35.2 Å². The number of carboxylic acids is 1. The number of carbonyl (C=O) groups excluding carboxylic acids is 4. The van der Waals surface area contributed by atoms with Crippen molar-refractivity contribution in [1.29, 1.82) is 0 Å². The van der Waals surface area contributed by atoms with Gasteiger partial charge in [0.2, 0.25) is 11.8 Å². The number of anilines is 2. The van der Waals surface area contributed by atoms with Crippen molar-refractivity contribution in [2.45, 2.75) is 52.1 Å². The number of carboxylic acid groups (broad SMARTS) is 1. The van der Waals surface area contributed by atoms with Gasteiger partial charge in [0.1, 0.15) is 0 Å². The zero-order valence-corrected chi connectivity index (χ0v) is 22.9. The molecule has 0 aliphatic heterocycles. The summed E-state index contributed by atoms with van der Waals surface area (Å²) in [6, 6.07) is 20.6. The molecule has 0 fully saturated rings. The Bertz CT molecular complexity index is 1310. The van der Waals surface area contributed by atoms with Crippen molar-refractivity contribution in [1.82, 2.24) is 10.6 Å². The molecule has 0 aliphatic rings. The van der Waals surface area contributed by atoms with Gasteiger partial charge in [-0.05, 0) is 54.2 Å². The van der Waals surface area contributed by atoms with Gasteiger partial charge in [-0.15, -0.1) is 0 Å². The molecule has 0 aromatic heterocycles. The van der Waals surface area contributed by atoms with E-state index >= 15 is 0 Å². The van der Waals surface area contributed by atoms with Gasteiger partial charge in [0.15, 0.2) is 0 Å². The Balaban J connectivity index is 1.54. The number of rotatable bonds is 12. The highest BCUT2D eigenvalue weighted by molar-refractivity contribution is 6.00. The zero-order valence-electron chi connectivity index (χ0n) is 22.9. The lowest BCUT2D eigenvalue weighted by Gasteiger charge is -2.24. The van der Waals surface area contributed by atoms with Crippen molar-refractivity contribution in [3.05, 3.63) is 95.6 Å². The van der Waals surface area contributed by atoms with E-state index in [1.807, 2.05) is 45.0 Å². The maximum atomic E-state index is 12.8. The maximum Gasteiger partial charge on any atom is 0.323 e. The second-order valence-electron chi connectivity index (χ2n) is 10.1. The van der Waals surface area contributed by atoms with E-state index in [1.165, 1.54) is 0 Å². The predicted octanol–water partition coefficient (Wildman–Crippen LogP) is 3.71. The van der Waals surface area contributed by atoms with Crippen LogP contribution in [0.3, 0.4) is 0 Å². The third-order valence-corrected chi connectivity index (χ3v) is 6.20. The molecule has 0 bridgehead atoms. The van der Waals surface area contributed by atoms with E-state index in [4.69, 9.17) is 0 Å². The molecule has 210 valence electrons. The molecule has 4 amide bonds. The molecule has 3 aromatic rings. The number of urea groups is 1. The minimum Gasteiger partial charge on any atom is -0.548 e. The fourth-order valence-corrected chi connectivity index (χ4v) is 4.30. The van der Waals surface area contributed by atoms with Crippen LogP contribution in [-0.4, -0.2) is 29.9 Å². The first kappa shape index (κ1) is 29.9. The largest absolute Gasteiger partial charge is 0.548 e. The number of aryl methyl sites for hydroxylation is 1. The van der Waals surface area contributed by atoms with Crippen molar-refractivity contribution in [3.8, 4) is 0 Å². The number of para-hydroxylation sites is 1. The van der Waals surface area contributed by atoms with E-state index in [-0.39, 0.29) is 30.7 Å². The Labute approximate surface area is 234 Å². The lowest BCUT2D eigenvalue weighted by atomic mass is 9.99. The Hall–Kier alpha value is -4.66. The summed E-state index contributed by atoms with van der Waals surface area (Å²) in [5, 5.41) is 22.6. The Morgan fingerprint density at radius 2 is 1.43 bits per heavy atom. The van der Waals surface area contributed by atoms with E-state index in [1.54, 1.807) is 54.6 Å². The van der Waals surface area contributed by atoms with E-state index in [2.05, 4.69) is 21.3 Å². The summed E-state index contributed by atoms with van der Waals surface area (Å²) in [6.45, 7) is 5.86. The topological polar surface area (TPSA) is 139 Å². The molecule has 0 unspecified atom stereocenters. The average molecular weight is 544 g/mol. The first-order valence-electron chi connectivity index (χ1n) is 13.2. The third kappa shape index (κ3) is 9.58. The number of hydrogen-bond donors (Lipinski definition) is 4. The highest BCUT2D eigenvalue weighted by Crippen LogP contribution is 2.16. The number of hydrogen-bond acceptors (Lipinski definition) is 5. The van der Waals surface area contributed by atoms with E-state index < -0.39 is 24.0 Å². The molecule has 9 nitrogen and oxygen atoms in total. The van der Waals surface area contributed by atoms with Crippen LogP contribution in [0, 0.1) is 12.8 Å². The highest BCUT2D eigenvalue weighted by atomic mass is 16.4. The Kier molecular flexibility index (Phi) is 10.8. The molecular weight excluding hydrogens is 508 g/mol. The quantitative estimate of drug-likeness (QED) is 0.276. The van der Waals surface area contributed by atoms with Crippen LogP contribution in [0.15, 0.2) is 78.9 Å².